The average molecular weight is 722 g/mol. The van der Waals surface area contributed by atoms with Gasteiger partial charge in [0.25, 0.3) is 0 Å². The van der Waals surface area contributed by atoms with E-state index < -0.39 is 0 Å². The lowest BCUT2D eigenvalue weighted by Gasteiger charge is -2.61. The zero-order valence-corrected chi connectivity index (χ0v) is 32.1. The molecule has 1 nitrogen and oxygen atoms in total. The third-order valence-corrected chi connectivity index (χ3v) is 16.0. The van der Waals surface area contributed by atoms with Crippen molar-refractivity contribution in [3.63, 3.8) is 0 Å². The van der Waals surface area contributed by atoms with Crippen molar-refractivity contribution < 1.29 is 0 Å². The third kappa shape index (κ3) is 4.11. The molecule has 0 saturated heterocycles. The lowest BCUT2D eigenvalue weighted by atomic mass is 9.43. The Morgan fingerprint density at radius 2 is 1.05 bits per heavy atom. The van der Waals surface area contributed by atoms with Gasteiger partial charge < -0.3 is 4.90 Å². The van der Waals surface area contributed by atoms with Crippen LogP contribution in [0.4, 0.5) is 17.1 Å². The molecule has 7 aliphatic carbocycles. The molecule has 1 heteroatoms. The first-order valence-corrected chi connectivity index (χ1v) is 21.6. The van der Waals surface area contributed by atoms with Gasteiger partial charge in [0.15, 0.2) is 0 Å². The van der Waals surface area contributed by atoms with Gasteiger partial charge in [0.05, 0.1) is 5.69 Å². The zero-order valence-electron chi connectivity index (χ0n) is 32.1. The van der Waals surface area contributed by atoms with Crippen molar-refractivity contribution in [2.75, 3.05) is 4.90 Å². The number of hydrogen-bond donors (Lipinski definition) is 0. The van der Waals surface area contributed by atoms with E-state index >= 15 is 0 Å². The molecule has 0 aliphatic heterocycles. The Bertz CT molecular complexity index is 2690. The maximum atomic E-state index is 2.64. The molecule has 272 valence electrons. The van der Waals surface area contributed by atoms with Crippen molar-refractivity contribution in [3.8, 4) is 33.4 Å². The Labute approximate surface area is 331 Å². The van der Waals surface area contributed by atoms with Gasteiger partial charge in [-0.15, -0.1) is 0 Å². The van der Waals surface area contributed by atoms with E-state index in [-0.39, 0.29) is 10.8 Å². The molecule has 7 aromatic carbocycles. The van der Waals surface area contributed by atoms with E-state index in [0.717, 1.165) is 23.7 Å². The van der Waals surface area contributed by atoms with E-state index in [1.165, 1.54) is 125 Å². The van der Waals surface area contributed by atoms with Gasteiger partial charge in [-0.25, -0.2) is 0 Å². The molecular weight excluding hydrogens is 675 g/mol. The molecule has 7 aromatic rings. The minimum absolute atomic E-state index is 0.113. The van der Waals surface area contributed by atoms with Gasteiger partial charge in [0.2, 0.25) is 0 Å². The summed E-state index contributed by atoms with van der Waals surface area (Å²) in [4.78, 5) is 2.64. The van der Waals surface area contributed by atoms with E-state index in [4.69, 9.17) is 0 Å². The molecule has 2 spiro atoms. The predicted octanol–water partition coefficient (Wildman–Crippen LogP) is 14.5. The summed E-state index contributed by atoms with van der Waals surface area (Å²) < 4.78 is 0. The fourth-order valence-electron chi connectivity index (χ4n) is 14.2. The number of fused-ring (bicyclic) bond motifs is 9. The maximum Gasteiger partial charge on any atom is 0.0543 e. The van der Waals surface area contributed by atoms with Crippen molar-refractivity contribution in [1.29, 1.82) is 0 Å². The molecule has 4 bridgehead atoms. The Morgan fingerprint density at radius 1 is 0.446 bits per heavy atom. The number of hydrogen-bond acceptors (Lipinski definition) is 1. The van der Waals surface area contributed by atoms with Crippen LogP contribution in [-0.2, 0) is 10.8 Å². The van der Waals surface area contributed by atoms with Crippen molar-refractivity contribution in [3.05, 3.63) is 174 Å². The number of anilines is 3. The normalized spacial score (nSPS) is 25.4. The van der Waals surface area contributed by atoms with Gasteiger partial charge in [-0.05, 0) is 160 Å². The first-order chi connectivity index (χ1) is 27.7. The molecule has 5 saturated carbocycles. The highest BCUT2D eigenvalue weighted by Gasteiger charge is 2.62. The topological polar surface area (TPSA) is 3.24 Å². The maximum absolute atomic E-state index is 2.64. The van der Waals surface area contributed by atoms with Crippen molar-refractivity contribution in [2.24, 2.45) is 23.7 Å². The zero-order chi connectivity index (χ0) is 36.6. The Morgan fingerprint density at radius 3 is 1.86 bits per heavy atom. The SMILES string of the molecule is c1ccc2c(c1)-c1ccc(N(c3ccc(-c4cccc5ccccc45)cc3)c3cccc4c3-c3ccccc3C43C4CC5CC(C4)CC3C5)cc1C21CCCC1. The molecule has 7 aliphatic rings. The monoisotopic (exact) mass is 721 g/mol. The highest BCUT2D eigenvalue weighted by molar-refractivity contribution is 5.99. The van der Waals surface area contributed by atoms with Crippen LogP contribution in [0.1, 0.15) is 80.0 Å². The summed E-state index contributed by atoms with van der Waals surface area (Å²) >= 11 is 0. The van der Waals surface area contributed by atoms with Crippen LogP contribution in [0.15, 0.2) is 152 Å². The minimum atomic E-state index is 0.113. The van der Waals surface area contributed by atoms with E-state index in [2.05, 4.69) is 157 Å². The molecule has 0 amide bonds. The summed E-state index contributed by atoms with van der Waals surface area (Å²) in [6.45, 7) is 0. The quantitative estimate of drug-likeness (QED) is 0.175. The van der Waals surface area contributed by atoms with Gasteiger partial charge in [-0.2, -0.15) is 0 Å². The van der Waals surface area contributed by atoms with Crippen LogP contribution in [0, 0.1) is 23.7 Å². The summed E-state index contributed by atoms with van der Waals surface area (Å²) in [5.41, 5.74) is 18.8. The van der Waals surface area contributed by atoms with Crippen molar-refractivity contribution in [1.82, 2.24) is 0 Å². The summed E-state index contributed by atoms with van der Waals surface area (Å²) in [5, 5.41) is 2.59. The number of benzene rings is 7. The molecule has 56 heavy (non-hydrogen) atoms. The second-order valence-electron chi connectivity index (χ2n) is 18.4. The van der Waals surface area contributed by atoms with Gasteiger partial charge in [0.1, 0.15) is 0 Å². The summed E-state index contributed by atoms with van der Waals surface area (Å²) in [5.74, 6) is 3.34. The molecule has 5 fully saturated rings. The molecule has 0 N–H and O–H groups in total. The molecule has 0 radical (unpaired) electrons. The molecule has 0 heterocycles. The van der Waals surface area contributed by atoms with Crippen molar-refractivity contribution >= 4 is 27.8 Å². The number of rotatable bonds is 4. The second-order valence-corrected chi connectivity index (χ2v) is 18.4. The number of nitrogens with zero attached hydrogens (tertiary/aromatic N) is 1. The molecule has 0 aromatic heterocycles. The van der Waals surface area contributed by atoms with Gasteiger partial charge in [-0.3, -0.25) is 0 Å². The van der Waals surface area contributed by atoms with Crippen LogP contribution >= 0.6 is 0 Å². The lowest BCUT2D eigenvalue weighted by molar-refractivity contribution is -0.0399. The Hall–Kier alpha value is -5.40. The van der Waals surface area contributed by atoms with Crippen LogP contribution in [0.25, 0.3) is 44.2 Å². The largest absolute Gasteiger partial charge is 0.310 e. The first kappa shape index (κ1) is 31.8. The fraction of sp³-hybridized carbons (Fsp3) is 0.273. The van der Waals surface area contributed by atoms with Crippen LogP contribution in [-0.4, -0.2) is 0 Å². The fourth-order valence-corrected chi connectivity index (χ4v) is 14.2. The highest BCUT2D eigenvalue weighted by atomic mass is 15.1. The third-order valence-electron chi connectivity index (χ3n) is 16.0. The summed E-state index contributed by atoms with van der Waals surface area (Å²) in [7, 11) is 0. The summed E-state index contributed by atoms with van der Waals surface area (Å²) in [6.07, 6.45) is 12.1. The van der Waals surface area contributed by atoms with Crippen LogP contribution < -0.4 is 4.90 Å². The van der Waals surface area contributed by atoms with E-state index in [9.17, 15) is 0 Å². The predicted molar refractivity (Wildman–Crippen MR) is 232 cm³/mol. The second kappa shape index (κ2) is 11.6. The van der Waals surface area contributed by atoms with Crippen LogP contribution in [0.3, 0.4) is 0 Å². The Kier molecular flexibility index (Phi) is 6.57. The average Bonchev–Trinajstić information content (AvgIpc) is 3.93. The van der Waals surface area contributed by atoms with Crippen LogP contribution in [0.5, 0.6) is 0 Å². The molecule has 14 rings (SSSR count). The van der Waals surface area contributed by atoms with Crippen LogP contribution in [0.2, 0.25) is 0 Å². The van der Waals surface area contributed by atoms with E-state index in [1.54, 1.807) is 16.7 Å². The highest BCUT2D eigenvalue weighted by Crippen LogP contribution is 2.70. The van der Waals surface area contributed by atoms with E-state index in [0.29, 0.717) is 0 Å². The lowest BCUT2D eigenvalue weighted by Crippen LogP contribution is -2.55. The van der Waals surface area contributed by atoms with Gasteiger partial charge >= 0.3 is 0 Å². The summed E-state index contributed by atoms with van der Waals surface area (Å²) in [6, 6.07) is 58.8. The van der Waals surface area contributed by atoms with Gasteiger partial charge in [0, 0.05) is 27.8 Å². The Balaban J connectivity index is 1.03. The smallest absolute Gasteiger partial charge is 0.0543 e. The molecular formula is C55H47N. The van der Waals surface area contributed by atoms with Gasteiger partial charge in [-0.1, -0.05) is 134 Å². The standard InChI is InChI=1S/C55H47N/c1-2-13-43-37(11-1)12-9-16-44(43)38-21-23-41(24-22-38)56(42-25-26-46-45-14-3-5-17-48(45)54(51(46)34-42)27-7-8-28-54)52-20-10-19-50-53(52)47-15-4-6-18-49(47)55(50)39-30-35-29-36(32-39)33-40(55)31-35/h1-6,9-26,34-36,39-40H,7-8,27-33H2. The minimum Gasteiger partial charge on any atom is -0.310 e. The van der Waals surface area contributed by atoms with Crippen molar-refractivity contribution in [2.45, 2.75) is 68.6 Å². The molecule has 0 unspecified atom stereocenters. The first-order valence-electron chi connectivity index (χ1n) is 21.6. The van der Waals surface area contributed by atoms with E-state index in [1.807, 2.05) is 0 Å². The molecule has 0 atom stereocenters.